The second-order valence-corrected chi connectivity index (χ2v) is 9.91. The molecule has 3 heterocycles. The SMILES string of the molecule is CCn1nnnc1SCCN1CCC(Cc2nc3ccccc3n2Cc2ccc(F)cc2)CC1. The van der Waals surface area contributed by atoms with Crippen molar-refractivity contribution in [2.75, 3.05) is 25.4 Å². The first-order valence-electron chi connectivity index (χ1n) is 12.0. The molecule has 4 aromatic rings. The molecule has 0 bridgehead atoms. The highest BCUT2D eigenvalue weighted by Crippen LogP contribution is 2.25. The third-order valence-electron chi connectivity index (χ3n) is 6.60. The Bertz CT molecular complexity index is 1210. The molecule has 0 radical (unpaired) electrons. The minimum Gasteiger partial charge on any atom is -0.323 e. The maximum absolute atomic E-state index is 13.4. The van der Waals surface area contributed by atoms with Gasteiger partial charge in [-0.3, -0.25) is 0 Å². The number of aryl methyl sites for hydroxylation is 1. The van der Waals surface area contributed by atoms with E-state index in [1.807, 2.05) is 22.9 Å². The molecular weight excluding hydrogens is 449 g/mol. The molecule has 7 nitrogen and oxygen atoms in total. The van der Waals surface area contributed by atoms with Gasteiger partial charge in [-0.25, -0.2) is 14.1 Å². The van der Waals surface area contributed by atoms with E-state index in [1.165, 1.54) is 25.0 Å². The highest BCUT2D eigenvalue weighted by Gasteiger charge is 2.22. The molecule has 1 aliphatic rings. The molecule has 2 aromatic carbocycles. The number of aromatic nitrogens is 6. The van der Waals surface area contributed by atoms with E-state index in [2.05, 4.69) is 50.1 Å². The molecule has 0 amide bonds. The zero-order chi connectivity index (χ0) is 23.3. The van der Waals surface area contributed by atoms with Gasteiger partial charge in [-0.2, -0.15) is 0 Å². The molecule has 0 spiro atoms. The molecule has 0 atom stereocenters. The third kappa shape index (κ3) is 5.31. The zero-order valence-corrected chi connectivity index (χ0v) is 20.3. The summed E-state index contributed by atoms with van der Waals surface area (Å²) in [5.74, 6) is 2.55. The molecule has 1 saturated heterocycles. The van der Waals surface area contributed by atoms with Crippen LogP contribution in [0.25, 0.3) is 11.0 Å². The van der Waals surface area contributed by atoms with Crippen molar-refractivity contribution in [3.05, 3.63) is 65.7 Å². The fourth-order valence-corrected chi connectivity index (χ4v) is 5.61. The van der Waals surface area contributed by atoms with Crippen molar-refractivity contribution in [1.29, 1.82) is 0 Å². The summed E-state index contributed by atoms with van der Waals surface area (Å²) in [6, 6.07) is 15.1. The van der Waals surface area contributed by atoms with Crippen LogP contribution in [0.1, 0.15) is 31.2 Å². The van der Waals surface area contributed by atoms with Gasteiger partial charge in [0.1, 0.15) is 11.6 Å². The summed E-state index contributed by atoms with van der Waals surface area (Å²) in [6.45, 7) is 6.84. The normalized spacial score (nSPS) is 15.4. The van der Waals surface area contributed by atoms with E-state index in [0.717, 1.165) is 65.9 Å². The van der Waals surface area contributed by atoms with Crippen molar-refractivity contribution in [2.24, 2.45) is 5.92 Å². The molecule has 5 rings (SSSR count). The number of rotatable bonds is 9. The van der Waals surface area contributed by atoms with Gasteiger partial charge in [0.2, 0.25) is 5.16 Å². The molecule has 2 aromatic heterocycles. The van der Waals surface area contributed by atoms with Crippen LogP contribution in [0.2, 0.25) is 0 Å². The van der Waals surface area contributed by atoms with E-state index < -0.39 is 0 Å². The predicted octanol–water partition coefficient (Wildman–Crippen LogP) is 4.28. The Kier molecular flexibility index (Phi) is 7.20. The topological polar surface area (TPSA) is 64.7 Å². The lowest BCUT2D eigenvalue weighted by molar-refractivity contribution is 0.191. The number of piperidine rings is 1. The smallest absolute Gasteiger partial charge is 0.209 e. The number of para-hydroxylation sites is 2. The summed E-state index contributed by atoms with van der Waals surface area (Å²) < 4.78 is 17.5. The van der Waals surface area contributed by atoms with Crippen LogP contribution in [0.3, 0.4) is 0 Å². The van der Waals surface area contributed by atoms with Crippen LogP contribution in [-0.2, 0) is 19.5 Å². The van der Waals surface area contributed by atoms with Crippen LogP contribution in [0.4, 0.5) is 4.39 Å². The number of benzene rings is 2. The number of nitrogens with zero attached hydrogens (tertiary/aromatic N) is 7. The summed E-state index contributed by atoms with van der Waals surface area (Å²) in [7, 11) is 0. The van der Waals surface area contributed by atoms with E-state index >= 15 is 0 Å². The lowest BCUT2D eigenvalue weighted by Gasteiger charge is -2.31. The molecule has 178 valence electrons. The molecular formula is C25H30FN7S. The van der Waals surface area contributed by atoms with Crippen molar-refractivity contribution >= 4 is 22.8 Å². The standard InChI is InChI=1S/C25H30FN7S/c1-2-33-25(28-29-30-33)34-16-15-31-13-11-19(12-14-31)17-24-27-22-5-3-4-6-23(22)32(24)18-20-7-9-21(26)10-8-20/h3-10,19H,2,11-18H2,1H3. The lowest BCUT2D eigenvalue weighted by Crippen LogP contribution is -2.36. The molecule has 0 aliphatic carbocycles. The number of halogens is 1. The average Bonchev–Trinajstić information content (AvgIpc) is 3.46. The summed E-state index contributed by atoms with van der Waals surface area (Å²) >= 11 is 1.73. The van der Waals surface area contributed by atoms with Crippen LogP contribution >= 0.6 is 11.8 Å². The Balaban J connectivity index is 1.19. The molecule has 34 heavy (non-hydrogen) atoms. The van der Waals surface area contributed by atoms with Crippen LogP contribution in [-0.4, -0.2) is 60.0 Å². The quantitative estimate of drug-likeness (QED) is 0.334. The van der Waals surface area contributed by atoms with Gasteiger partial charge >= 0.3 is 0 Å². The Morgan fingerprint density at radius 2 is 1.85 bits per heavy atom. The van der Waals surface area contributed by atoms with Gasteiger partial charge in [0.15, 0.2) is 0 Å². The van der Waals surface area contributed by atoms with E-state index in [1.54, 1.807) is 11.8 Å². The molecule has 0 unspecified atom stereocenters. The van der Waals surface area contributed by atoms with Crippen molar-refractivity contribution < 1.29 is 4.39 Å². The largest absolute Gasteiger partial charge is 0.323 e. The van der Waals surface area contributed by atoms with Crippen LogP contribution in [0, 0.1) is 11.7 Å². The van der Waals surface area contributed by atoms with Gasteiger partial charge < -0.3 is 9.47 Å². The predicted molar refractivity (Wildman–Crippen MR) is 132 cm³/mol. The molecule has 9 heteroatoms. The number of imidazole rings is 1. The second-order valence-electron chi connectivity index (χ2n) is 8.84. The van der Waals surface area contributed by atoms with E-state index in [4.69, 9.17) is 4.98 Å². The summed E-state index contributed by atoms with van der Waals surface area (Å²) in [5, 5.41) is 12.8. The summed E-state index contributed by atoms with van der Waals surface area (Å²) in [4.78, 5) is 7.53. The van der Waals surface area contributed by atoms with Crippen LogP contribution in [0.5, 0.6) is 0 Å². The first-order chi connectivity index (χ1) is 16.7. The maximum Gasteiger partial charge on any atom is 0.209 e. The van der Waals surface area contributed by atoms with Crippen molar-refractivity contribution in [3.8, 4) is 0 Å². The Morgan fingerprint density at radius 1 is 1.06 bits per heavy atom. The zero-order valence-electron chi connectivity index (χ0n) is 19.5. The minimum absolute atomic E-state index is 0.200. The minimum atomic E-state index is -0.200. The maximum atomic E-state index is 13.4. The van der Waals surface area contributed by atoms with Crippen molar-refractivity contribution in [2.45, 2.75) is 44.4 Å². The summed E-state index contributed by atoms with van der Waals surface area (Å²) in [6.07, 6.45) is 3.33. The number of hydrogen-bond donors (Lipinski definition) is 0. The Labute approximate surface area is 203 Å². The molecule has 1 fully saturated rings. The van der Waals surface area contributed by atoms with E-state index in [-0.39, 0.29) is 5.82 Å². The number of thioether (sulfide) groups is 1. The van der Waals surface area contributed by atoms with Gasteiger partial charge in [0, 0.05) is 31.8 Å². The number of hydrogen-bond acceptors (Lipinski definition) is 6. The van der Waals surface area contributed by atoms with Gasteiger partial charge in [-0.05, 0) is 79.0 Å². The molecule has 0 N–H and O–H groups in total. The fourth-order valence-electron chi connectivity index (χ4n) is 4.67. The monoisotopic (exact) mass is 479 g/mol. The van der Waals surface area contributed by atoms with E-state index in [9.17, 15) is 4.39 Å². The van der Waals surface area contributed by atoms with Crippen LogP contribution in [0.15, 0.2) is 53.7 Å². The number of tetrazole rings is 1. The first-order valence-corrected chi connectivity index (χ1v) is 13.0. The van der Waals surface area contributed by atoms with Crippen molar-refractivity contribution in [1.82, 2.24) is 34.7 Å². The molecule has 1 aliphatic heterocycles. The first kappa shape index (κ1) is 23.0. The highest BCUT2D eigenvalue weighted by atomic mass is 32.2. The second kappa shape index (κ2) is 10.7. The van der Waals surface area contributed by atoms with Gasteiger partial charge in [0.05, 0.1) is 11.0 Å². The van der Waals surface area contributed by atoms with Crippen LogP contribution < -0.4 is 0 Å². The molecule has 0 saturated carbocycles. The Hall–Kier alpha value is -2.78. The van der Waals surface area contributed by atoms with Gasteiger partial charge in [-0.1, -0.05) is 36.0 Å². The summed E-state index contributed by atoms with van der Waals surface area (Å²) in [5.41, 5.74) is 3.27. The number of likely N-dealkylation sites (tertiary alicyclic amines) is 1. The lowest BCUT2D eigenvalue weighted by atomic mass is 9.93. The van der Waals surface area contributed by atoms with E-state index in [0.29, 0.717) is 12.5 Å². The fraction of sp³-hybridized carbons (Fsp3) is 0.440. The highest BCUT2D eigenvalue weighted by molar-refractivity contribution is 7.99. The van der Waals surface area contributed by atoms with Gasteiger partial charge in [-0.15, -0.1) is 5.10 Å². The third-order valence-corrected chi connectivity index (χ3v) is 7.54. The van der Waals surface area contributed by atoms with Crippen molar-refractivity contribution in [3.63, 3.8) is 0 Å². The Morgan fingerprint density at radius 3 is 2.65 bits per heavy atom. The average molecular weight is 480 g/mol. The van der Waals surface area contributed by atoms with Gasteiger partial charge in [0.25, 0.3) is 0 Å². The number of fused-ring (bicyclic) bond motifs is 1.